The molecule has 0 bridgehead atoms. The summed E-state index contributed by atoms with van der Waals surface area (Å²) in [5, 5.41) is 16.7. The molecule has 134 valence electrons. The average molecular weight is 347 g/mol. The van der Waals surface area contributed by atoms with E-state index in [0.717, 1.165) is 25.7 Å². The number of aryl methyl sites for hydroxylation is 1. The third-order valence-corrected chi connectivity index (χ3v) is 4.83. The second kappa shape index (κ2) is 6.66. The number of urea groups is 1. The third-order valence-electron chi connectivity index (χ3n) is 4.83. The zero-order valence-electron chi connectivity index (χ0n) is 14.1. The summed E-state index contributed by atoms with van der Waals surface area (Å²) in [5.74, 6) is 0.453. The summed E-state index contributed by atoms with van der Waals surface area (Å²) in [6, 6.07) is 1.15. The van der Waals surface area contributed by atoms with E-state index in [1.165, 1.54) is 17.2 Å². The Morgan fingerprint density at radius 3 is 2.76 bits per heavy atom. The van der Waals surface area contributed by atoms with Crippen LogP contribution in [0.4, 0.5) is 16.3 Å². The molecule has 2 fully saturated rings. The minimum Gasteiger partial charge on any atom is -0.370 e. The van der Waals surface area contributed by atoms with Gasteiger partial charge in [-0.05, 0) is 31.7 Å². The van der Waals surface area contributed by atoms with E-state index in [0.29, 0.717) is 30.9 Å². The smallest absolute Gasteiger partial charge is 0.325 e. The Kier molecular flexibility index (Phi) is 4.56. The fourth-order valence-electron chi connectivity index (χ4n) is 3.49. The van der Waals surface area contributed by atoms with Crippen molar-refractivity contribution in [2.45, 2.75) is 44.6 Å². The normalized spacial score (nSPS) is 18.7. The van der Waals surface area contributed by atoms with Crippen LogP contribution < -0.4 is 10.6 Å². The van der Waals surface area contributed by atoms with Gasteiger partial charge in [-0.3, -0.25) is 19.8 Å². The van der Waals surface area contributed by atoms with E-state index in [2.05, 4.69) is 15.6 Å². The van der Waals surface area contributed by atoms with Crippen molar-refractivity contribution in [2.24, 2.45) is 0 Å². The molecule has 1 aromatic rings. The summed E-state index contributed by atoms with van der Waals surface area (Å²) in [5.41, 5.74) is -0.0422. The SMILES string of the molecule is Cc1cc([N+](=O)[O-])cnc1NCCCN1C(=O)NC2(CCCC2)C1=O. The lowest BCUT2D eigenvalue weighted by Gasteiger charge is -2.20. The number of nitrogens with one attached hydrogen (secondary N) is 2. The molecule has 0 aromatic carbocycles. The Balaban J connectivity index is 1.51. The van der Waals surface area contributed by atoms with E-state index in [-0.39, 0.29) is 17.6 Å². The quantitative estimate of drug-likeness (QED) is 0.351. The second-order valence-electron chi connectivity index (χ2n) is 6.57. The zero-order valence-corrected chi connectivity index (χ0v) is 14.1. The highest BCUT2D eigenvalue weighted by molar-refractivity contribution is 6.07. The minimum absolute atomic E-state index is 0.0516. The third kappa shape index (κ3) is 3.26. The molecule has 0 radical (unpaired) electrons. The average Bonchev–Trinajstić information content (AvgIpc) is 3.12. The number of anilines is 1. The summed E-state index contributed by atoms with van der Waals surface area (Å²) < 4.78 is 0. The Bertz CT molecular complexity index is 714. The number of nitrogens with zero attached hydrogens (tertiary/aromatic N) is 3. The first-order valence-electron chi connectivity index (χ1n) is 8.42. The Hall–Kier alpha value is -2.71. The molecule has 25 heavy (non-hydrogen) atoms. The number of carbonyl (C=O) groups is 2. The van der Waals surface area contributed by atoms with Gasteiger partial charge in [0.2, 0.25) is 0 Å². The first-order valence-corrected chi connectivity index (χ1v) is 8.42. The monoisotopic (exact) mass is 347 g/mol. The maximum Gasteiger partial charge on any atom is 0.325 e. The van der Waals surface area contributed by atoms with Crippen LogP contribution in [0.3, 0.4) is 0 Å². The van der Waals surface area contributed by atoms with Crippen LogP contribution in [0.5, 0.6) is 0 Å². The molecular formula is C16H21N5O4. The molecule has 9 nitrogen and oxygen atoms in total. The van der Waals surface area contributed by atoms with Gasteiger partial charge in [0.1, 0.15) is 17.6 Å². The fourth-order valence-corrected chi connectivity index (χ4v) is 3.49. The molecule has 1 saturated heterocycles. The van der Waals surface area contributed by atoms with Crippen molar-refractivity contribution in [3.8, 4) is 0 Å². The van der Waals surface area contributed by atoms with Gasteiger partial charge in [-0.1, -0.05) is 12.8 Å². The van der Waals surface area contributed by atoms with E-state index < -0.39 is 10.5 Å². The van der Waals surface area contributed by atoms with Gasteiger partial charge in [0.05, 0.1) is 4.92 Å². The molecule has 1 aliphatic carbocycles. The van der Waals surface area contributed by atoms with Crippen LogP contribution in [0, 0.1) is 17.0 Å². The molecule has 0 atom stereocenters. The molecule has 3 amide bonds. The first kappa shape index (κ1) is 17.1. The Morgan fingerprint density at radius 2 is 2.12 bits per heavy atom. The molecule has 1 aliphatic heterocycles. The number of aromatic nitrogens is 1. The lowest BCUT2D eigenvalue weighted by Crippen LogP contribution is -2.44. The van der Waals surface area contributed by atoms with Crippen molar-refractivity contribution in [3.63, 3.8) is 0 Å². The number of rotatable bonds is 6. The number of hydrogen-bond donors (Lipinski definition) is 2. The van der Waals surface area contributed by atoms with Crippen LogP contribution in [0.25, 0.3) is 0 Å². The molecule has 2 N–H and O–H groups in total. The number of pyridine rings is 1. The van der Waals surface area contributed by atoms with Gasteiger partial charge >= 0.3 is 6.03 Å². The molecule has 1 spiro atoms. The molecule has 3 rings (SSSR count). The Labute approximate surface area is 144 Å². The van der Waals surface area contributed by atoms with Crippen molar-refractivity contribution < 1.29 is 14.5 Å². The van der Waals surface area contributed by atoms with Crippen molar-refractivity contribution in [1.29, 1.82) is 0 Å². The van der Waals surface area contributed by atoms with Crippen LogP contribution >= 0.6 is 0 Å². The van der Waals surface area contributed by atoms with Gasteiger partial charge in [0.15, 0.2) is 0 Å². The molecule has 0 unspecified atom stereocenters. The summed E-state index contributed by atoms with van der Waals surface area (Å²) in [4.78, 5) is 40.1. The maximum absolute atomic E-state index is 12.5. The number of nitro groups is 1. The van der Waals surface area contributed by atoms with E-state index in [9.17, 15) is 19.7 Å². The van der Waals surface area contributed by atoms with Crippen molar-refractivity contribution >= 4 is 23.4 Å². The predicted octanol–water partition coefficient (Wildman–Crippen LogP) is 1.96. The number of carbonyl (C=O) groups excluding carboxylic acids is 2. The van der Waals surface area contributed by atoms with Crippen molar-refractivity contribution in [1.82, 2.24) is 15.2 Å². The topological polar surface area (TPSA) is 117 Å². The van der Waals surface area contributed by atoms with E-state index >= 15 is 0 Å². The molecule has 1 saturated carbocycles. The largest absolute Gasteiger partial charge is 0.370 e. The van der Waals surface area contributed by atoms with E-state index in [1.807, 2.05) is 0 Å². The van der Waals surface area contributed by atoms with E-state index in [1.54, 1.807) is 6.92 Å². The number of amides is 3. The molecule has 2 aliphatic rings. The van der Waals surface area contributed by atoms with Gasteiger partial charge < -0.3 is 10.6 Å². The first-order chi connectivity index (χ1) is 11.9. The summed E-state index contributed by atoms with van der Waals surface area (Å²) >= 11 is 0. The van der Waals surface area contributed by atoms with Gasteiger partial charge in [0.25, 0.3) is 11.6 Å². The van der Waals surface area contributed by atoms with Crippen LogP contribution in [-0.4, -0.2) is 45.4 Å². The zero-order chi connectivity index (χ0) is 18.0. The van der Waals surface area contributed by atoms with Gasteiger partial charge in [-0.2, -0.15) is 0 Å². The van der Waals surface area contributed by atoms with Gasteiger partial charge in [-0.15, -0.1) is 0 Å². The minimum atomic E-state index is -0.666. The van der Waals surface area contributed by atoms with Crippen LogP contribution in [0.1, 0.15) is 37.7 Å². The summed E-state index contributed by atoms with van der Waals surface area (Å²) in [6.45, 7) is 2.59. The summed E-state index contributed by atoms with van der Waals surface area (Å²) in [7, 11) is 0. The van der Waals surface area contributed by atoms with Crippen LogP contribution in [0.15, 0.2) is 12.3 Å². The highest BCUT2D eigenvalue weighted by atomic mass is 16.6. The van der Waals surface area contributed by atoms with Crippen LogP contribution in [-0.2, 0) is 4.79 Å². The molecule has 2 heterocycles. The maximum atomic E-state index is 12.5. The second-order valence-corrected chi connectivity index (χ2v) is 6.57. The van der Waals surface area contributed by atoms with E-state index in [4.69, 9.17) is 0 Å². The molecular weight excluding hydrogens is 326 g/mol. The van der Waals surface area contributed by atoms with Gasteiger partial charge in [-0.25, -0.2) is 9.78 Å². The van der Waals surface area contributed by atoms with Crippen LogP contribution in [0.2, 0.25) is 0 Å². The Morgan fingerprint density at radius 1 is 1.40 bits per heavy atom. The number of imide groups is 1. The molecule has 1 aromatic heterocycles. The summed E-state index contributed by atoms with van der Waals surface area (Å²) in [6.07, 6.45) is 5.15. The van der Waals surface area contributed by atoms with Gasteiger partial charge in [0, 0.05) is 19.2 Å². The fraction of sp³-hybridized carbons (Fsp3) is 0.562. The highest BCUT2D eigenvalue weighted by Gasteiger charge is 2.51. The highest BCUT2D eigenvalue weighted by Crippen LogP contribution is 2.35. The standard InChI is InChI=1S/C16H21N5O4/c1-11-9-12(21(24)25)10-18-13(11)17-7-4-8-20-14(22)16(19-15(20)23)5-2-3-6-16/h9-10H,2-8H2,1H3,(H,17,18)(H,19,23). The number of hydrogen-bond acceptors (Lipinski definition) is 6. The lowest BCUT2D eigenvalue weighted by atomic mass is 9.98. The predicted molar refractivity (Wildman–Crippen MR) is 90.2 cm³/mol. The lowest BCUT2D eigenvalue weighted by molar-refractivity contribution is -0.385. The van der Waals surface area contributed by atoms with Crippen molar-refractivity contribution in [3.05, 3.63) is 27.9 Å². The van der Waals surface area contributed by atoms with Crippen molar-refractivity contribution in [2.75, 3.05) is 18.4 Å². The molecule has 9 heteroatoms.